The van der Waals surface area contributed by atoms with Gasteiger partial charge in [0.25, 0.3) is 0 Å². The highest BCUT2D eigenvalue weighted by molar-refractivity contribution is 5.25. The first-order valence-corrected chi connectivity index (χ1v) is 4.14. The van der Waals surface area contributed by atoms with Gasteiger partial charge in [-0.1, -0.05) is 30.3 Å². The molecule has 0 aromatic heterocycles. The molecular formula is C9H7N5. The third kappa shape index (κ3) is 1.27. The summed E-state index contributed by atoms with van der Waals surface area (Å²) < 4.78 is 0. The SMILES string of the molecule is N#CCC1(c2ccccc2)N=NN=N1. The van der Waals surface area contributed by atoms with Gasteiger partial charge in [-0.3, -0.25) is 0 Å². The molecule has 0 atom stereocenters. The highest BCUT2D eigenvalue weighted by Gasteiger charge is 2.35. The van der Waals surface area contributed by atoms with Crippen LogP contribution in [-0.4, -0.2) is 0 Å². The van der Waals surface area contributed by atoms with Crippen molar-refractivity contribution in [3.63, 3.8) is 0 Å². The van der Waals surface area contributed by atoms with Crippen LogP contribution in [0.15, 0.2) is 51.0 Å². The fourth-order valence-electron chi connectivity index (χ4n) is 1.31. The topological polar surface area (TPSA) is 73.2 Å². The molecule has 0 amide bonds. The smallest absolute Gasteiger partial charge is 0.198 e. The third-order valence-electron chi connectivity index (χ3n) is 2.02. The molecule has 14 heavy (non-hydrogen) atoms. The monoisotopic (exact) mass is 185 g/mol. The number of benzene rings is 1. The van der Waals surface area contributed by atoms with Gasteiger partial charge in [0.15, 0.2) is 0 Å². The Balaban J connectivity index is 2.44. The summed E-state index contributed by atoms with van der Waals surface area (Å²) >= 11 is 0. The van der Waals surface area contributed by atoms with Crippen molar-refractivity contribution in [2.24, 2.45) is 20.7 Å². The van der Waals surface area contributed by atoms with Gasteiger partial charge in [0.1, 0.15) is 0 Å². The Labute approximate surface area is 80.8 Å². The minimum atomic E-state index is -0.907. The number of nitrogens with zero attached hydrogens (tertiary/aromatic N) is 5. The van der Waals surface area contributed by atoms with Gasteiger partial charge in [0, 0.05) is 5.56 Å². The van der Waals surface area contributed by atoms with Crippen molar-refractivity contribution in [3.05, 3.63) is 35.9 Å². The maximum atomic E-state index is 8.70. The Kier molecular flexibility index (Phi) is 2.03. The van der Waals surface area contributed by atoms with E-state index in [2.05, 4.69) is 20.7 Å². The second-order valence-corrected chi connectivity index (χ2v) is 2.90. The van der Waals surface area contributed by atoms with E-state index in [1.54, 1.807) is 0 Å². The van der Waals surface area contributed by atoms with E-state index in [0.717, 1.165) is 5.56 Å². The predicted octanol–water partition coefficient (Wildman–Crippen LogP) is 2.59. The molecule has 0 spiro atoms. The van der Waals surface area contributed by atoms with Crippen LogP contribution in [0.1, 0.15) is 12.0 Å². The molecule has 0 unspecified atom stereocenters. The zero-order chi connectivity index (χ0) is 9.86. The maximum Gasteiger partial charge on any atom is 0.233 e. The largest absolute Gasteiger partial charge is 0.233 e. The summed E-state index contributed by atoms with van der Waals surface area (Å²) in [5, 5.41) is 23.4. The fraction of sp³-hybridized carbons (Fsp3) is 0.222. The second-order valence-electron chi connectivity index (χ2n) is 2.90. The normalized spacial score (nSPS) is 16.8. The van der Waals surface area contributed by atoms with Crippen LogP contribution >= 0.6 is 0 Å². The van der Waals surface area contributed by atoms with E-state index >= 15 is 0 Å². The summed E-state index contributed by atoms with van der Waals surface area (Å²) in [4.78, 5) is 0. The van der Waals surface area contributed by atoms with Gasteiger partial charge < -0.3 is 0 Å². The second kappa shape index (κ2) is 3.34. The zero-order valence-corrected chi connectivity index (χ0v) is 7.33. The van der Waals surface area contributed by atoms with Crippen molar-refractivity contribution in [1.29, 1.82) is 5.26 Å². The average molecular weight is 185 g/mol. The molecule has 0 bridgehead atoms. The fourth-order valence-corrected chi connectivity index (χ4v) is 1.31. The Hall–Kier alpha value is -2.09. The first-order chi connectivity index (χ1) is 6.87. The maximum absolute atomic E-state index is 8.70. The molecule has 1 aromatic rings. The number of hydrogen-bond acceptors (Lipinski definition) is 5. The molecule has 68 valence electrons. The molecule has 1 aliphatic rings. The van der Waals surface area contributed by atoms with Gasteiger partial charge in [0.2, 0.25) is 5.66 Å². The molecule has 1 aliphatic heterocycles. The van der Waals surface area contributed by atoms with Crippen LogP contribution in [0, 0.1) is 11.3 Å². The highest BCUT2D eigenvalue weighted by atomic mass is 15.6. The number of rotatable bonds is 2. The van der Waals surface area contributed by atoms with Crippen LogP contribution in [0.5, 0.6) is 0 Å². The first kappa shape index (κ1) is 8.51. The Bertz CT molecular complexity index is 403. The van der Waals surface area contributed by atoms with Crippen molar-refractivity contribution in [1.82, 2.24) is 0 Å². The molecule has 1 aromatic carbocycles. The van der Waals surface area contributed by atoms with Crippen LogP contribution in [0.25, 0.3) is 0 Å². The lowest BCUT2D eigenvalue weighted by atomic mass is 9.98. The van der Waals surface area contributed by atoms with Crippen LogP contribution in [-0.2, 0) is 5.66 Å². The average Bonchev–Trinajstić information content (AvgIpc) is 2.70. The van der Waals surface area contributed by atoms with Gasteiger partial charge >= 0.3 is 0 Å². The molecule has 0 aliphatic carbocycles. The van der Waals surface area contributed by atoms with E-state index in [1.165, 1.54) is 0 Å². The van der Waals surface area contributed by atoms with E-state index in [1.807, 2.05) is 36.4 Å². The molecular weight excluding hydrogens is 178 g/mol. The van der Waals surface area contributed by atoms with Crippen LogP contribution in [0.2, 0.25) is 0 Å². The lowest BCUT2D eigenvalue weighted by molar-refractivity contribution is 0.476. The molecule has 0 N–H and O–H groups in total. The van der Waals surface area contributed by atoms with Crippen molar-refractivity contribution < 1.29 is 0 Å². The molecule has 0 saturated heterocycles. The minimum Gasteiger partial charge on any atom is -0.198 e. The van der Waals surface area contributed by atoms with Crippen molar-refractivity contribution >= 4 is 0 Å². The quantitative estimate of drug-likeness (QED) is 0.697. The van der Waals surface area contributed by atoms with Crippen LogP contribution in [0.4, 0.5) is 0 Å². The Morgan fingerprint density at radius 2 is 1.79 bits per heavy atom. The third-order valence-corrected chi connectivity index (χ3v) is 2.02. The van der Waals surface area contributed by atoms with Crippen molar-refractivity contribution in [2.45, 2.75) is 12.1 Å². The molecule has 1 heterocycles. The van der Waals surface area contributed by atoms with E-state index in [9.17, 15) is 0 Å². The summed E-state index contributed by atoms with van der Waals surface area (Å²) in [6.45, 7) is 0. The Morgan fingerprint density at radius 3 is 2.36 bits per heavy atom. The summed E-state index contributed by atoms with van der Waals surface area (Å²) in [5.41, 5.74) is -0.0673. The van der Waals surface area contributed by atoms with Crippen LogP contribution < -0.4 is 0 Å². The van der Waals surface area contributed by atoms with Crippen LogP contribution in [0.3, 0.4) is 0 Å². The lowest BCUT2D eigenvalue weighted by Crippen LogP contribution is -2.17. The van der Waals surface area contributed by atoms with E-state index < -0.39 is 5.66 Å². The van der Waals surface area contributed by atoms with Crippen molar-refractivity contribution in [2.75, 3.05) is 0 Å². The Morgan fingerprint density at radius 1 is 1.14 bits per heavy atom. The van der Waals surface area contributed by atoms with Gasteiger partial charge in [-0.15, -0.1) is 10.2 Å². The summed E-state index contributed by atoms with van der Waals surface area (Å²) in [7, 11) is 0. The van der Waals surface area contributed by atoms with E-state index in [0.29, 0.717) is 0 Å². The highest BCUT2D eigenvalue weighted by Crippen LogP contribution is 2.34. The number of hydrogen-bond donors (Lipinski definition) is 0. The van der Waals surface area contributed by atoms with E-state index in [4.69, 9.17) is 5.26 Å². The molecule has 0 saturated carbocycles. The summed E-state index contributed by atoms with van der Waals surface area (Å²) in [6.07, 6.45) is 0.157. The van der Waals surface area contributed by atoms with Gasteiger partial charge in [-0.05, 0) is 10.4 Å². The summed E-state index contributed by atoms with van der Waals surface area (Å²) in [5.74, 6) is 0. The standard InChI is InChI=1S/C9H7N5/c10-7-6-9(11-13-14-12-9)8-4-2-1-3-5-8/h1-5H,6H2. The van der Waals surface area contributed by atoms with Gasteiger partial charge in [-0.25, -0.2) is 0 Å². The molecule has 0 radical (unpaired) electrons. The van der Waals surface area contributed by atoms with E-state index in [-0.39, 0.29) is 6.42 Å². The molecule has 0 fully saturated rings. The van der Waals surface area contributed by atoms with Crippen molar-refractivity contribution in [3.8, 4) is 6.07 Å². The first-order valence-electron chi connectivity index (χ1n) is 4.14. The lowest BCUT2D eigenvalue weighted by Gasteiger charge is -2.15. The predicted molar refractivity (Wildman–Crippen MR) is 48.1 cm³/mol. The minimum absolute atomic E-state index is 0.157. The summed E-state index contributed by atoms with van der Waals surface area (Å²) in [6, 6.07) is 11.4. The molecule has 5 heteroatoms. The number of nitriles is 1. The van der Waals surface area contributed by atoms with Gasteiger partial charge in [0.05, 0.1) is 12.5 Å². The van der Waals surface area contributed by atoms with Gasteiger partial charge in [-0.2, -0.15) is 5.26 Å². The molecule has 2 rings (SSSR count). The zero-order valence-electron chi connectivity index (χ0n) is 7.33. The molecule has 5 nitrogen and oxygen atoms in total.